The van der Waals surface area contributed by atoms with Gasteiger partial charge in [0.15, 0.2) is 0 Å². The highest BCUT2D eigenvalue weighted by Gasteiger charge is 2.37. The number of hydrazine groups is 1. The highest BCUT2D eigenvalue weighted by Crippen LogP contribution is 2.32. The molecular formula is C17H25ClN4O3S. The van der Waals surface area contributed by atoms with Gasteiger partial charge in [-0.3, -0.25) is 10.2 Å². The minimum absolute atomic E-state index is 0.0310. The topological polar surface area (TPSA) is 81.8 Å². The second kappa shape index (κ2) is 7.82. The Balaban J connectivity index is 1.63. The average molecular weight is 401 g/mol. The van der Waals surface area contributed by atoms with Gasteiger partial charge < -0.3 is 4.90 Å². The van der Waals surface area contributed by atoms with Gasteiger partial charge >= 0.3 is 0 Å². The summed E-state index contributed by atoms with van der Waals surface area (Å²) in [6.07, 6.45) is 1.62. The lowest BCUT2D eigenvalue weighted by Crippen LogP contribution is -2.50. The summed E-state index contributed by atoms with van der Waals surface area (Å²) >= 11 is 5.97. The third-order valence-electron chi connectivity index (χ3n) is 5.24. The predicted octanol–water partition coefficient (Wildman–Crippen LogP) is 0.988. The van der Waals surface area contributed by atoms with Crippen molar-refractivity contribution in [1.29, 1.82) is 0 Å². The first-order chi connectivity index (χ1) is 12.3. The van der Waals surface area contributed by atoms with Gasteiger partial charge in [-0.05, 0) is 24.6 Å². The van der Waals surface area contributed by atoms with Crippen molar-refractivity contribution in [3.63, 3.8) is 0 Å². The van der Waals surface area contributed by atoms with E-state index in [0.717, 1.165) is 5.56 Å². The van der Waals surface area contributed by atoms with Crippen LogP contribution in [0.4, 0.5) is 0 Å². The van der Waals surface area contributed by atoms with Crippen LogP contribution >= 0.6 is 11.6 Å². The number of rotatable bonds is 4. The Morgan fingerprint density at radius 1 is 1.15 bits per heavy atom. The lowest BCUT2D eigenvalue weighted by Gasteiger charge is -2.34. The molecule has 144 valence electrons. The van der Waals surface area contributed by atoms with Crippen LogP contribution in [0, 0.1) is 5.92 Å². The fraction of sp³-hybridized carbons (Fsp3) is 0.588. The van der Waals surface area contributed by atoms with Crippen LogP contribution in [0.2, 0.25) is 5.02 Å². The number of hydrogen-bond acceptors (Lipinski definition) is 5. The van der Waals surface area contributed by atoms with E-state index in [9.17, 15) is 13.2 Å². The minimum Gasteiger partial charge on any atom is -0.340 e. The summed E-state index contributed by atoms with van der Waals surface area (Å²) in [5.41, 5.74) is 7.59. The molecule has 0 saturated carbocycles. The standard InChI is InChI=1S/C17H25ClN4O3S/c1-12-15(17(20-19-12)13-3-5-14(18)6-4-13)11-16(23)21-7-9-22(10-8-21)26(2,24)25/h3-6,12,15,17,19-20H,7-11H2,1-2H3. The Bertz CT molecular complexity index is 748. The molecule has 1 amide bonds. The molecule has 26 heavy (non-hydrogen) atoms. The highest BCUT2D eigenvalue weighted by molar-refractivity contribution is 7.88. The number of nitrogens with zero attached hydrogens (tertiary/aromatic N) is 2. The molecule has 1 aromatic carbocycles. The van der Waals surface area contributed by atoms with E-state index in [0.29, 0.717) is 37.6 Å². The molecule has 9 heteroatoms. The third-order valence-corrected chi connectivity index (χ3v) is 6.79. The van der Waals surface area contributed by atoms with Crippen LogP contribution in [0.15, 0.2) is 24.3 Å². The first-order valence-electron chi connectivity index (χ1n) is 8.75. The number of hydrogen-bond donors (Lipinski definition) is 2. The molecule has 1 aromatic rings. The summed E-state index contributed by atoms with van der Waals surface area (Å²) in [5, 5.41) is 0.684. The largest absolute Gasteiger partial charge is 0.340 e. The van der Waals surface area contributed by atoms with Gasteiger partial charge in [0.25, 0.3) is 0 Å². The fourth-order valence-electron chi connectivity index (χ4n) is 3.62. The van der Waals surface area contributed by atoms with Crippen LogP contribution in [-0.2, 0) is 14.8 Å². The molecule has 2 saturated heterocycles. The van der Waals surface area contributed by atoms with Gasteiger partial charge in [-0.2, -0.15) is 4.31 Å². The van der Waals surface area contributed by atoms with Crippen molar-refractivity contribution < 1.29 is 13.2 Å². The first kappa shape index (κ1) is 19.6. The lowest BCUT2D eigenvalue weighted by molar-refractivity contribution is -0.133. The third kappa shape index (κ3) is 4.37. The number of sulfonamides is 1. The zero-order valence-electron chi connectivity index (χ0n) is 15.0. The average Bonchev–Trinajstić information content (AvgIpc) is 2.96. The van der Waals surface area contributed by atoms with Gasteiger partial charge in [-0.1, -0.05) is 23.7 Å². The molecule has 0 aromatic heterocycles. The molecule has 3 atom stereocenters. The van der Waals surface area contributed by atoms with Crippen LogP contribution in [0.5, 0.6) is 0 Å². The molecule has 2 N–H and O–H groups in total. The molecule has 2 fully saturated rings. The molecule has 2 aliphatic heterocycles. The Kier molecular flexibility index (Phi) is 5.88. The Hall–Kier alpha value is -1.19. The highest BCUT2D eigenvalue weighted by atomic mass is 35.5. The SMILES string of the molecule is CC1NNC(c2ccc(Cl)cc2)C1CC(=O)N1CCN(S(C)(=O)=O)CC1. The summed E-state index contributed by atoms with van der Waals surface area (Å²) in [5.74, 6) is 0.177. The van der Waals surface area contributed by atoms with Crippen molar-refractivity contribution in [3.8, 4) is 0 Å². The van der Waals surface area contributed by atoms with E-state index in [-0.39, 0.29) is 23.9 Å². The lowest BCUT2D eigenvalue weighted by atomic mass is 9.87. The zero-order chi connectivity index (χ0) is 18.9. The van der Waals surface area contributed by atoms with E-state index in [1.165, 1.54) is 10.6 Å². The van der Waals surface area contributed by atoms with Crippen molar-refractivity contribution in [1.82, 2.24) is 20.1 Å². The fourth-order valence-corrected chi connectivity index (χ4v) is 4.57. The number of benzene rings is 1. The molecule has 0 aliphatic carbocycles. The number of amides is 1. The summed E-state index contributed by atoms with van der Waals surface area (Å²) in [7, 11) is -3.19. The smallest absolute Gasteiger partial charge is 0.223 e. The van der Waals surface area contributed by atoms with Crippen LogP contribution < -0.4 is 10.9 Å². The van der Waals surface area contributed by atoms with E-state index in [1.807, 2.05) is 24.3 Å². The molecule has 0 spiro atoms. The molecule has 0 radical (unpaired) electrons. The first-order valence-corrected chi connectivity index (χ1v) is 11.0. The Morgan fingerprint density at radius 2 is 1.77 bits per heavy atom. The van der Waals surface area contributed by atoms with Crippen LogP contribution in [0.3, 0.4) is 0 Å². The maximum atomic E-state index is 12.8. The van der Waals surface area contributed by atoms with E-state index in [1.54, 1.807) is 4.90 Å². The maximum Gasteiger partial charge on any atom is 0.223 e. The number of piperazine rings is 1. The van der Waals surface area contributed by atoms with Gasteiger partial charge in [-0.15, -0.1) is 0 Å². The van der Waals surface area contributed by atoms with E-state index in [4.69, 9.17) is 11.6 Å². The number of halogens is 1. The van der Waals surface area contributed by atoms with Crippen molar-refractivity contribution in [2.24, 2.45) is 5.92 Å². The molecule has 3 unspecified atom stereocenters. The Labute approximate surface area is 159 Å². The van der Waals surface area contributed by atoms with Gasteiger partial charge in [0.05, 0.1) is 12.3 Å². The summed E-state index contributed by atoms with van der Waals surface area (Å²) < 4.78 is 24.6. The Morgan fingerprint density at radius 3 is 2.35 bits per heavy atom. The van der Waals surface area contributed by atoms with E-state index in [2.05, 4.69) is 17.8 Å². The summed E-state index contributed by atoms with van der Waals surface area (Å²) in [6, 6.07) is 7.83. The van der Waals surface area contributed by atoms with Crippen molar-refractivity contribution in [2.75, 3.05) is 32.4 Å². The van der Waals surface area contributed by atoms with Crippen molar-refractivity contribution >= 4 is 27.5 Å². The van der Waals surface area contributed by atoms with E-state index >= 15 is 0 Å². The molecule has 3 rings (SSSR count). The number of carbonyl (C=O) groups is 1. The van der Waals surface area contributed by atoms with Crippen LogP contribution in [0.25, 0.3) is 0 Å². The molecule has 7 nitrogen and oxygen atoms in total. The van der Waals surface area contributed by atoms with Crippen LogP contribution in [-0.4, -0.2) is 62.0 Å². The van der Waals surface area contributed by atoms with Crippen molar-refractivity contribution in [2.45, 2.75) is 25.4 Å². The molecule has 2 aliphatic rings. The van der Waals surface area contributed by atoms with Gasteiger partial charge in [0, 0.05) is 49.6 Å². The van der Waals surface area contributed by atoms with E-state index < -0.39 is 10.0 Å². The van der Waals surface area contributed by atoms with Crippen molar-refractivity contribution in [3.05, 3.63) is 34.9 Å². The van der Waals surface area contributed by atoms with Gasteiger partial charge in [-0.25, -0.2) is 13.8 Å². The molecular weight excluding hydrogens is 376 g/mol. The molecule has 0 bridgehead atoms. The van der Waals surface area contributed by atoms with Crippen LogP contribution in [0.1, 0.15) is 24.9 Å². The quantitative estimate of drug-likeness (QED) is 0.787. The number of nitrogens with one attached hydrogen (secondary N) is 2. The predicted molar refractivity (Wildman–Crippen MR) is 101 cm³/mol. The summed E-state index contributed by atoms with van der Waals surface area (Å²) in [6.45, 7) is 3.67. The normalized spacial score (nSPS) is 27.7. The molecule has 2 heterocycles. The van der Waals surface area contributed by atoms with Gasteiger partial charge in [0.1, 0.15) is 0 Å². The minimum atomic E-state index is -3.19. The second-order valence-electron chi connectivity index (χ2n) is 7.02. The van der Waals surface area contributed by atoms with Gasteiger partial charge in [0.2, 0.25) is 15.9 Å². The zero-order valence-corrected chi connectivity index (χ0v) is 16.6. The number of carbonyl (C=O) groups excluding carboxylic acids is 1. The second-order valence-corrected chi connectivity index (χ2v) is 9.44. The maximum absolute atomic E-state index is 12.8. The monoisotopic (exact) mass is 400 g/mol. The summed E-state index contributed by atoms with van der Waals surface area (Å²) in [4.78, 5) is 14.5.